The Bertz CT molecular complexity index is 722. The van der Waals surface area contributed by atoms with Gasteiger partial charge in [-0.3, -0.25) is 9.59 Å². The molecule has 0 fully saturated rings. The molecular weight excluding hydrogens is 314 g/mol. The van der Waals surface area contributed by atoms with Gasteiger partial charge in [-0.15, -0.1) is 0 Å². The van der Waals surface area contributed by atoms with E-state index < -0.39 is 23.4 Å². The van der Waals surface area contributed by atoms with Gasteiger partial charge in [-0.25, -0.2) is 8.78 Å². The molecule has 0 heterocycles. The smallest absolute Gasteiger partial charge is 0.253 e. The number of anilines is 1. The molecular formula is C15H11ClF2N2O2. The molecule has 0 unspecified atom stereocenters. The summed E-state index contributed by atoms with van der Waals surface area (Å²) in [4.78, 5) is 23.5. The molecule has 0 saturated heterocycles. The number of rotatable bonds is 4. The molecule has 0 atom stereocenters. The van der Waals surface area contributed by atoms with E-state index in [2.05, 4.69) is 10.6 Å². The zero-order chi connectivity index (χ0) is 16.1. The van der Waals surface area contributed by atoms with Crippen LogP contribution in [-0.2, 0) is 4.79 Å². The second kappa shape index (κ2) is 7.00. The largest absolute Gasteiger partial charge is 0.343 e. The predicted octanol–water partition coefficient (Wildman–Crippen LogP) is 2.99. The van der Waals surface area contributed by atoms with Gasteiger partial charge < -0.3 is 10.6 Å². The summed E-state index contributed by atoms with van der Waals surface area (Å²) >= 11 is 5.86. The standard InChI is InChI=1S/C15H11ClF2N2O2/c16-11-4-2-1-3-10(11)15(22)19-8-14(21)20-9-5-6-12(17)13(18)7-9/h1-7H,8H2,(H,19,22)(H,20,21). The Kier molecular flexibility index (Phi) is 5.06. The fraction of sp³-hybridized carbons (Fsp3) is 0.0667. The van der Waals surface area contributed by atoms with Crippen molar-refractivity contribution >= 4 is 29.1 Å². The van der Waals surface area contributed by atoms with Crippen LogP contribution in [0, 0.1) is 11.6 Å². The normalized spacial score (nSPS) is 10.1. The number of nitrogens with one attached hydrogen (secondary N) is 2. The molecule has 0 aliphatic carbocycles. The summed E-state index contributed by atoms with van der Waals surface area (Å²) in [6, 6.07) is 9.35. The van der Waals surface area contributed by atoms with Crippen molar-refractivity contribution in [2.75, 3.05) is 11.9 Å². The molecule has 0 bridgehead atoms. The minimum absolute atomic E-state index is 0.0934. The maximum atomic E-state index is 13.0. The predicted molar refractivity (Wildman–Crippen MR) is 78.8 cm³/mol. The second-order valence-corrected chi connectivity index (χ2v) is 4.75. The number of benzene rings is 2. The van der Waals surface area contributed by atoms with Crippen LogP contribution in [0.4, 0.5) is 14.5 Å². The summed E-state index contributed by atoms with van der Waals surface area (Å²) in [5.41, 5.74) is 0.334. The fourth-order valence-corrected chi connectivity index (χ4v) is 1.90. The topological polar surface area (TPSA) is 58.2 Å². The number of hydrogen-bond acceptors (Lipinski definition) is 2. The molecule has 4 nitrogen and oxygen atoms in total. The van der Waals surface area contributed by atoms with E-state index in [4.69, 9.17) is 11.6 Å². The minimum Gasteiger partial charge on any atom is -0.343 e. The lowest BCUT2D eigenvalue weighted by Gasteiger charge is -2.08. The first-order chi connectivity index (χ1) is 10.5. The molecule has 114 valence electrons. The van der Waals surface area contributed by atoms with Crippen molar-refractivity contribution in [3.63, 3.8) is 0 Å². The second-order valence-electron chi connectivity index (χ2n) is 4.34. The van der Waals surface area contributed by atoms with Crippen LogP contribution in [0.15, 0.2) is 42.5 Å². The van der Waals surface area contributed by atoms with Gasteiger partial charge in [0.25, 0.3) is 5.91 Å². The number of halogens is 3. The Morgan fingerprint density at radius 1 is 1.05 bits per heavy atom. The van der Waals surface area contributed by atoms with Crippen LogP contribution in [0.2, 0.25) is 5.02 Å². The third-order valence-electron chi connectivity index (χ3n) is 2.73. The van der Waals surface area contributed by atoms with Crippen LogP contribution in [-0.4, -0.2) is 18.4 Å². The number of carbonyl (C=O) groups excluding carboxylic acids is 2. The molecule has 0 saturated carbocycles. The van der Waals surface area contributed by atoms with Crippen LogP contribution in [0.25, 0.3) is 0 Å². The quantitative estimate of drug-likeness (QED) is 0.908. The van der Waals surface area contributed by atoms with Crippen molar-refractivity contribution in [2.24, 2.45) is 0 Å². The van der Waals surface area contributed by atoms with E-state index in [-0.39, 0.29) is 22.8 Å². The molecule has 2 aromatic rings. The SMILES string of the molecule is O=C(CNC(=O)c1ccccc1Cl)Nc1ccc(F)c(F)c1. The highest BCUT2D eigenvalue weighted by molar-refractivity contribution is 6.33. The van der Waals surface area contributed by atoms with Gasteiger partial charge in [0.05, 0.1) is 17.1 Å². The Hall–Kier alpha value is -2.47. The minimum atomic E-state index is -1.07. The van der Waals surface area contributed by atoms with E-state index in [9.17, 15) is 18.4 Å². The number of amides is 2. The Morgan fingerprint density at radius 2 is 1.77 bits per heavy atom. The first-order valence-corrected chi connectivity index (χ1v) is 6.63. The molecule has 22 heavy (non-hydrogen) atoms. The lowest BCUT2D eigenvalue weighted by Crippen LogP contribution is -2.33. The van der Waals surface area contributed by atoms with Gasteiger partial charge in [0.2, 0.25) is 5.91 Å². The van der Waals surface area contributed by atoms with Crippen molar-refractivity contribution < 1.29 is 18.4 Å². The molecule has 2 N–H and O–H groups in total. The number of hydrogen-bond donors (Lipinski definition) is 2. The van der Waals surface area contributed by atoms with Crippen LogP contribution < -0.4 is 10.6 Å². The highest BCUT2D eigenvalue weighted by Gasteiger charge is 2.11. The van der Waals surface area contributed by atoms with E-state index >= 15 is 0 Å². The van der Waals surface area contributed by atoms with Gasteiger partial charge in [-0.2, -0.15) is 0 Å². The molecule has 2 rings (SSSR count). The molecule has 0 aliphatic rings. The maximum absolute atomic E-state index is 13.0. The fourth-order valence-electron chi connectivity index (χ4n) is 1.68. The van der Waals surface area contributed by atoms with Crippen molar-refractivity contribution in [3.8, 4) is 0 Å². The monoisotopic (exact) mass is 324 g/mol. The zero-order valence-electron chi connectivity index (χ0n) is 11.2. The Morgan fingerprint density at radius 3 is 2.45 bits per heavy atom. The lowest BCUT2D eigenvalue weighted by molar-refractivity contribution is -0.115. The summed E-state index contributed by atoms with van der Waals surface area (Å²) in [6.45, 7) is -0.330. The van der Waals surface area contributed by atoms with Crippen LogP contribution in [0.1, 0.15) is 10.4 Å². The Labute approximate surface area is 130 Å². The molecule has 2 amide bonds. The molecule has 0 aliphatic heterocycles. The summed E-state index contributed by atoms with van der Waals surface area (Å²) in [5, 5.41) is 4.99. The van der Waals surface area contributed by atoms with E-state index in [1.807, 2.05) is 0 Å². The van der Waals surface area contributed by atoms with E-state index in [1.54, 1.807) is 18.2 Å². The highest BCUT2D eigenvalue weighted by atomic mass is 35.5. The van der Waals surface area contributed by atoms with Gasteiger partial charge >= 0.3 is 0 Å². The summed E-state index contributed by atoms with van der Waals surface area (Å²) in [7, 11) is 0. The first-order valence-electron chi connectivity index (χ1n) is 6.25. The van der Waals surface area contributed by atoms with Gasteiger partial charge in [-0.1, -0.05) is 23.7 Å². The van der Waals surface area contributed by atoms with E-state index in [0.29, 0.717) is 0 Å². The van der Waals surface area contributed by atoms with Gasteiger partial charge in [0, 0.05) is 11.8 Å². The zero-order valence-corrected chi connectivity index (χ0v) is 12.0. The van der Waals surface area contributed by atoms with Crippen LogP contribution in [0.3, 0.4) is 0 Å². The lowest BCUT2D eigenvalue weighted by atomic mass is 10.2. The molecule has 0 aromatic heterocycles. The summed E-state index contributed by atoms with van der Waals surface area (Å²) in [5.74, 6) is -3.17. The van der Waals surface area contributed by atoms with Crippen molar-refractivity contribution in [1.29, 1.82) is 0 Å². The Balaban J connectivity index is 1.91. The highest BCUT2D eigenvalue weighted by Crippen LogP contribution is 2.15. The molecule has 0 radical (unpaired) electrons. The molecule has 7 heteroatoms. The van der Waals surface area contributed by atoms with Gasteiger partial charge in [0.15, 0.2) is 11.6 Å². The van der Waals surface area contributed by atoms with Gasteiger partial charge in [-0.05, 0) is 24.3 Å². The average Bonchev–Trinajstić information content (AvgIpc) is 2.49. The third-order valence-corrected chi connectivity index (χ3v) is 3.06. The van der Waals surface area contributed by atoms with Gasteiger partial charge in [0.1, 0.15) is 0 Å². The maximum Gasteiger partial charge on any atom is 0.253 e. The third kappa shape index (κ3) is 4.02. The van der Waals surface area contributed by atoms with Crippen molar-refractivity contribution in [3.05, 3.63) is 64.7 Å². The summed E-state index contributed by atoms with van der Waals surface area (Å²) < 4.78 is 25.8. The molecule has 0 spiro atoms. The van der Waals surface area contributed by atoms with E-state index in [1.165, 1.54) is 12.1 Å². The average molecular weight is 325 g/mol. The van der Waals surface area contributed by atoms with E-state index in [0.717, 1.165) is 12.1 Å². The van der Waals surface area contributed by atoms with Crippen LogP contribution in [0.5, 0.6) is 0 Å². The van der Waals surface area contributed by atoms with Crippen molar-refractivity contribution in [1.82, 2.24) is 5.32 Å². The first kappa shape index (κ1) is 15.9. The van der Waals surface area contributed by atoms with Crippen molar-refractivity contribution in [2.45, 2.75) is 0 Å². The summed E-state index contributed by atoms with van der Waals surface area (Å²) in [6.07, 6.45) is 0. The molecule has 2 aromatic carbocycles. The number of carbonyl (C=O) groups is 2. The van der Waals surface area contributed by atoms with Crippen LogP contribution >= 0.6 is 11.6 Å².